The van der Waals surface area contributed by atoms with Gasteiger partial charge in [-0.15, -0.1) is 11.6 Å². The lowest BCUT2D eigenvalue weighted by Crippen LogP contribution is -2.13. The number of carbonyl (C=O) groups is 1. The van der Waals surface area contributed by atoms with E-state index in [0.29, 0.717) is 24.6 Å². The molecular formula is C23H22ClN3O2. The number of aryl methyl sites for hydroxylation is 1. The number of nitrogens with zero attached hydrogens (tertiary/aromatic N) is 2. The van der Waals surface area contributed by atoms with Crippen molar-refractivity contribution in [3.05, 3.63) is 48.0 Å². The molecule has 4 rings (SSSR count). The summed E-state index contributed by atoms with van der Waals surface area (Å²) in [4.78, 5) is 12.0. The first-order valence-electron chi connectivity index (χ1n) is 9.82. The summed E-state index contributed by atoms with van der Waals surface area (Å²) in [5, 5.41) is 13.7. The minimum Gasteiger partial charge on any atom is -0.492 e. The van der Waals surface area contributed by atoms with Crippen molar-refractivity contribution in [2.75, 3.05) is 17.8 Å². The molecule has 0 radical (unpaired) electrons. The number of rotatable bonds is 7. The maximum absolute atomic E-state index is 12.0. The zero-order valence-corrected chi connectivity index (χ0v) is 17.0. The number of aromatic nitrogens is 1. The Morgan fingerprint density at radius 3 is 2.66 bits per heavy atom. The predicted molar refractivity (Wildman–Crippen MR) is 115 cm³/mol. The maximum Gasteiger partial charge on any atom is 0.227 e. The van der Waals surface area contributed by atoms with Gasteiger partial charge in [0, 0.05) is 29.6 Å². The van der Waals surface area contributed by atoms with E-state index in [2.05, 4.69) is 22.9 Å². The SMILES string of the molecule is CCn1c(-c2ccc(NC(=O)C3CC3)cc2)c(C#N)c2ccc(OCCCl)cc21. The number of anilines is 1. The molecule has 6 heteroatoms. The van der Waals surface area contributed by atoms with E-state index in [1.807, 2.05) is 42.5 Å². The second kappa shape index (κ2) is 8.18. The number of ether oxygens (including phenoxy) is 1. The summed E-state index contributed by atoms with van der Waals surface area (Å²) >= 11 is 5.73. The van der Waals surface area contributed by atoms with Gasteiger partial charge in [0.1, 0.15) is 18.4 Å². The third-order valence-corrected chi connectivity index (χ3v) is 5.34. The van der Waals surface area contributed by atoms with Crippen LogP contribution >= 0.6 is 11.6 Å². The Hall–Kier alpha value is -2.97. The van der Waals surface area contributed by atoms with Crippen LogP contribution in [-0.2, 0) is 11.3 Å². The maximum atomic E-state index is 12.0. The molecule has 0 bridgehead atoms. The molecule has 3 aromatic rings. The molecule has 1 heterocycles. The van der Waals surface area contributed by atoms with Gasteiger partial charge in [-0.3, -0.25) is 4.79 Å². The molecule has 0 aliphatic heterocycles. The second-order valence-corrected chi connectivity index (χ2v) is 7.51. The molecule has 0 atom stereocenters. The molecule has 29 heavy (non-hydrogen) atoms. The Balaban J connectivity index is 1.73. The summed E-state index contributed by atoms with van der Waals surface area (Å²) in [7, 11) is 0. The molecule has 0 saturated heterocycles. The number of halogens is 1. The first-order valence-corrected chi connectivity index (χ1v) is 10.4. The number of hydrogen-bond acceptors (Lipinski definition) is 3. The summed E-state index contributed by atoms with van der Waals surface area (Å²) in [6.07, 6.45) is 1.95. The fraction of sp³-hybridized carbons (Fsp3) is 0.304. The van der Waals surface area contributed by atoms with Gasteiger partial charge in [0.05, 0.1) is 22.7 Å². The first kappa shape index (κ1) is 19.4. The van der Waals surface area contributed by atoms with Crippen LogP contribution in [0.1, 0.15) is 25.3 Å². The topological polar surface area (TPSA) is 67.0 Å². The van der Waals surface area contributed by atoms with Gasteiger partial charge < -0.3 is 14.6 Å². The largest absolute Gasteiger partial charge is 0.492 e. The molecule has 5 nitrogen and oxygen atoms in total. The summed E-state index contributed by atoms with van der Waals surface area (Å²) in [6.45, 7) is 3.21. The van der Waals surface area contributed by atoms with Gasteiger partial charge in [-0.1, -0.05) is 12.1 Å². The van der Waals surface area contributed by atoms with Crippen molar-refractivity contribution in [1.82, 2.24) is 4.57 Å². The number of hydrogen-bond donors (Lipinski definition) is 1. The minimum absolute atomic E-state index is 0.0858. The molecule has 2 aromatic carbocycles. The molecular weight excluding hydrogens is 386 g/mol. The van der Waals surface area contributed by atoms with Crippen molar-refractivity contribution in [2.45, 2.75) is 26.3 Å². The van der Waals surface area contributed by atoms with E-state index in [9.17, 15) is 10.1 Å². The molecule has 0 spiro atoms. The smallest absolute Gasteiger partial charge is 0.227 e. The summed E-state index contributed by atoms with van der Waals surface area (Å²) in [5.74, 6) is 1.41. The molecule has 1 aliphatic rings. The van der Waals surface area contributed by atoms with Gasteiger partial charge in [-0.25, -0.2) is 0 Å². The lowest BCUT2D eigenvalue weighted by atomic mass is 10.1. The Kier molecular flexibility index (Phi) is 5.46. The zero-order chi connectivity index (χ0) is 20.4. The molecule has 1 aromatic heterocycles. The lowest BCUT2D eigenvalue weighted by molar-refractivity contribution is -0.117. The molecule has 0 unspecified atom stereocenters. The van der Waals surface area contributed by atoms with E-state index >= 15 is 0 Å². The Bertz CT molecular complexity index is 1090. The van der Waals surface area contributed by atoms with Crippen molar-refractivity contribution < 1.29 is 9.53 Å². The molecule has 1 amide bonds. The van der Waals surface area contributed by atoms with E-state index < -0.39 is 0 Å². The molecule has 148 valence electrons. The summed E-state index contributed by atoms with van der Waals surface area (Å²) in [6, 6.07) is 15.8. The van der Waals surface area contributed by atoms with Gasteiger partial charge >= 0.3 is 0 Å². The number of nitrogens with one attached hydrogen (secondary N) is 1. The fourth-order valence-corrected chi connectivity index (χ4v) is 3.70. The van der Waals surface area contributed by atoms with Crippen LogP contribution in [0.15, 0.2) is 42.5 Å². The third kappa shape index (κ3) is 3.81. The van der Waals surface area contributed by atoms with Crippen LogP contribution in [0.2, 0.25) is 0 Å². The Morgan fingerprint density at radius 2 is 2.03 bits per heavy atom. The average molecular weight is 408 g/mol. The van der Waals surface area contributed by atoms with Crippen LogP contribution in [0.25, 0.3) is 22.2 Å². The van der Waals surface area contributed by atoms with Crippen LogP contribution in [-0.4, -0.2) is 23.0 Å². The average Bonchev–Trinajstić information content (AvgIpc) is 3.55. The highest BCUT2D eigenvalue weighted by Crippen LogP contribution is 2.36. The van der Waals surface area contributed by atoms with Crippen molar-refractivity contribution in [2.24, 2.45) is 5.92 Å². The van der Waals surface area contributed by atoms with E-state index in [0.717, 1.165) is 46.4 Å². The number of alkyl halides is 1. The predicted octanol–water partition coefficient (Wildman–Crippen LogP) is 5.17. The van der Waals surface area contributed by atoms with Crippen molar-refractivity contribution >= 4 is 34.1 Å². The summed E-state index contributed by atoms with van der Waals surface area (Å²) < 4.78 is 7.78. The van der Waals surface area contributed by atoms with Gasteiger partial charge in [0.25, 0.3) is 0 Å². The normalized spacial score (nSPS) is 13.3. The minimum atomic E-state index is 0.0858. The number of benzene rings is 2. The van der Waals surface area contributed by atoms with Crippen molar-refractivity contribution in [3.8, 4) is 23.1 Å². The monoisotopic (exact) mass is 407 g/mol. The molecule has 1 aliphatic carbocycles. The molecule has 1 fully saturated rings. The van der Waals surface area contributed by atoms with E-state index in [1.165, 1.54) is 0 Å². The standard InChI is InChI=1S/C23H22ClN3O2/c1-2-27-21-13-18(29-12-11-24)9-10-19(21)20(14-25)22(27)15-5-7-17(8-6-15)26-23(28)16-3-4-16/h5-10,13,16H,2-4,11-12H2,1H3,(H,26,28). The van der Waals surface area contributed by atoms with Crippen LogP contribution in [0.4, 0.5) is 5.69 Å². The van der Waals surface area contributed by atoms with Gasteiger partial charge in [-0.05, 0) is 49.6 Å². The Morgan fingerprint density at radius 1 is 1.28 bits per heavy atom. The first-order chi connectivity index (χ1) is 14.2. The van der Waals surface area contributed by atoms with Crippen LogP contribution in [0.5, 0.6) is 5.75 Å². The van der Waals surface area contributed by atoms with Crippen molar-refractivity contribution in [1.29, 1.82) is 5.26 Å². The highest BCUT2D eigenvalue weighted by molar-refractivity contribution is 6.18. The Labute approximate surface area is 174 Å². The van der Waals surface area contributed by atoms with Crippen LogP contribution in [0.3, 0.4) is 0 Å². The highest BCUT2D eigenvalue weighted by Gasteiger charge is 2.29. The van der Waals surface area contributed by atoms with Gasteiger partial charge in [0.2, 0.25) is 5.91 Å². The zero-order valence-electron chi connectivity index (χ0n) is 16.2. The number of carbonyl (C=O) groups excluding carboxylic acids is 1. The number of fused-ring (bicyclic) bond motifs is 1. The molecule has 1 saturated carbocycles. The summed E-state index contributed by atoms with van der Waals surface area (Å²) in [5.41, 5.74) is 4.18. The van der Waals surface area contributed by atoms with Gasteiger partial charge in [0.15, 0.2) is 0 Å². The lowest BCUT2D eigenvalue weighted by Gasteiger charge is -2.11. The van der Waals surface area contributed by atoms with E-state index in [4.69, 9.17) is 16.3 Å². The quantitative estimate of drug-likeness (QED) is 0.549. The number of amides is 1. The van der Waals surface area contributed by atoms with E-state index in [-0.39, 0.29) is 11.8 Å². The van der Waals surface area contributed by atoms with Crippen LogP contribution in [0, 0.1) is 17.2 Å². The fourth-order valence-electron chi connectivity index (χ4n) is 3.62. The highest BCUT2D eigenvalue weighted by atomic mass is 35.5. The third-order valence-electron chi connectivity index (χ3n) is 5.18. The van der Waals surface area contributed by atoms with Crippen molar-refractivity contribution in [3.63, 3.8) is 0 Å². The number of nitriles is 1. The van der Waals surface area contributed by atoms with Crippen LogP contribution < -0.4 is 10.1 Å². The molecule has 1 N–H and O–H groups in total. The van der Waals surface area contributed by atoms with Gasteiger partial charge in [-0.2, -0.15) is 5.26 Å². The second-order valence-electron chi connectivity index (χ2n) is 7.14. The van der Waals surface area contributed by atoms with E-state index in [1.54, 1.807) is 0 Å².